The first-order valence-corrected chi connectivity index (χ1v) is 14.0. The van der Waals surface area contributed by atoms with Crippen LogP contribution in [0.15, 0.2) is 63.8 Å². The van der Waals surface area contributed by atoms with Crippen LogP contribution in [-0.2, 0) is 26.0 Å². The quantitative estimate of drug-likeness (QED) is 0.486. The largest absolute Gasteiger partial charge is 0.379 e. The van der Waals surface area contributed by atoms with Crippen LogP contribution in [-0.4, -0.2) is 56.3 Å². The SMILES string of the molecule is O=S(=O)(c1ccc(N=c2scc(-c3cccc(Cl)c3)n2CC2CCCO2)cc1)N1CCOCC1. The maximum absolute atomic E-state index is 12.9. The zero-order chi connectivity index (χ0) is 23.5. The van der Waals surface area contributed by atoms with Crippen LogP contribution >= 0.6 is 22.9 Å². The van der Waals surface area contributed by atoms with Gasteiger partial charge in [-0.3, -0.25) is 0 Å². The molecule has 0 amide bonds. The van der Waals surface area contributed by atoms with Crippen molar-refractivity contribution < 1.29 is 17.9 Å². The number of morpholine rings is 1. The van der Waals surface area contributed by atoms with Gasteiger partial charge in [-0.25, -0.2) is 13.4 Å². The van der Waals surface area contributed by atoms with Crippen molar-refractivity contribution in [1.29, 1.82) is 0 Å². The smallest absolute Gasteiger partial charge is 0.243 e. The fourth-order valence-electron chi connectivity index (χ4n) is 4.20. The van der Waals surface area contributed by atoms with Crippen molar-refractivity contribution in [3.63, 3.8) is 0 Å². The van der Waals surface area contributed by atoms with Gasteiger partial charge in [-0.05, 0) is 49.2 Å². The van der Waals surface area contributed by atoms with Gasteiger partial charge in [0, 0.05) is 35.7 Å². The minimum Gasteiger partial charge on any atom is -0.379 e. The van der Waals surface area contributed by atoms with Crippen molar-refractivity contribution in [2.45, 2.75) is 30.4 Å². The first kappa shape index (κ1) is 23.7. The van der Waals surface area contributed by atoms with Gasteiger partial charge in [-0.15, -0.1) is 11.3 Å². The maximum atomic E-state index is 12.9. The number of halogens is 1. The maximum Gasteiger partial charge on any atom is 0.243 e. The lowest BCUT2D eigenvalue weighted by Gasteiger charge is -2.26. The number of hydrogen-bond acceptors (Lipinski definition) is 6. The van der Waals surface area contributed by atoms with Gasteiger partial charge in [0.15, 0.2) is 4.80 Å². The molecule has 3 heterocycles. The minimum atomic E-state index is -3.53. The van der Waals surface area contributed by atoms with E-state index in [0.717, 1.165) is 35.5 Å². The van der Waals surface area contributed by atoms with Crippen LogP contribution in [0.4, 0.5) is 5.69 Å². The highest BCUT2D eigenvalue weighted by Crippen LogP contribution is 2.26. The zero-order valence-electron chi connectivity index (χ0n) is 18.6. The molecule has 1 atom stereocenters. The molecule has 0 bridgehead atoms. The second kappa shape index (κ2) is 10.3. The number of nitrogens with zero attached hydrogens (tertiary/aromatic N) is 3. The van der Waals surface area contributed by atoms with E-state index in [4.69, 9.17) is 26.1 Å². The Labute approximate surface area is 208 Å². The van der Waals surface area contributed by atoms with Gasteiger partial charge in [0.05, 0.1) is 42.1 Å². The molecule has 7 nitrogen and oxygen atoms in total. The second-order valence-electron chi connectivity index (χ2n) is 8.28. The van der Waals surface area contributed by atoms with Crippen molar-refractivity contribution in [1.82, 2.24) is 8.87 Å². The van der Waals surface area contributed by atoms with E-state index in [1.807, 2.05) is 24.3 Å². The molecule has 1 unspecified atom stereocenters. The van der Waals surface area contributed by atoms with Gasteiger partial charge in [-0.2, -0.15) is 4.31 Å². The molecule has 2 fully saturated rings. The summed E-state index contributed by atoms with van der Waals surface area (Å²) in [6, 6.07) is 14.5. The molecule has 2 aliphatic rings. The Kier molecular flexibility index (Phi) is 7.19. The second-order valence-corrected chi connectivity index (χ2v) is 11.5. The fraction of sp³-hybridized carbons (Fsp3) is 0.375. The summed E-state index contributed by atoms with van der Waals surface area (Å²) in [6.45, 7) is 3.08. The Morgan fingerprint density at radius 3 is 2.59 bits per heavy atom. The molecule has 2 saturated heterocycles. The van der Waals surface area contributed by atoms with E-state index in [1.54, 1.807) is 35.6 Å². The molecule has 2 aliphatic heterocycles. The van der Waals surface area contributed by atoms with Gasteiger partial charge < -0.3 is 14.0 Å². The highest BCUT2D eigenvalue weighted by Gasteiger charge is 2.26. The number of benzene rings is 2. The first-order chi connectivity index (χ1) is 16.5. The number of ether oxygens (including phenoxy) is 2. The van der Waals surface area contributed by atoms with Crippen LogP contribution in [0.1, 0.15) is 12.8 Å². The van der Waals surface area contributed by atoms with Crippen molar-refractivity contribution >= 4 is 38.6 Å². The van der Waals surface area contributed by atoms with E-state index in [0.29, 0.717) is 43.6 Å². The van der Waals surface area contributed by atoms with Crippen molar-refractivity contribution in [3.05, 3.63) is 63.7 Å². The predicted molar refractivity (Wildman–Crippen MR) is 133 cm³/mol. The van der Waals surface area contributed by atoms with Gasteiger partial charge >= 0.3 is 0 Å². The van der Waals surface area contributed by atoms with Gasteiger partial charge in [0.25, 0.3) is 0 Å². The van der Waals surface area contributed by atoms with Gasteiger partial charge in [0.2, 0.25) is 10.0 Å². The van der Waals surface area contributed by atoms with Crippen molar-refractivity contribution in [2.24, 2.45) is 4.99 Å². The molecule has 0 spiro atoms. The molecule has 2 aromatic carbocycles. The third-order valence-electron chi connectivity index (χ3n) is 6.00. The van der Waals surface area contributed by atoms with Crippen LogP contribution in [0.25, 0.3) is 11.3 Å². The molecule has 1 aromatic heterocycles. The molecule has 0 radical (unpaired) electrons. The summed E-state index contributed by atoms with van der Waals surface area (Å²) in [5.74, 6) is 0. The standard InChI is InChI=1S/C24H26ClN3O4S2/c25-19-4-1-3-18(15-19)23-17-33-24(28(23)16-21-5-2-12-32-21)26-20-6-8-22(9-7-20)34(29,30)27-10-13-31-14-11-27/h1,3-4,6-9,15,17,21H,2,5,10-14,16H2. The molecule has 10 heteroatoms. The zero-order valence-corrected chi connectivity index (χ0v) is 21.0. The van der Waals surface area contributed by atoms with Crippen LogP contribution in [0.5, 0.6) is 0 Å². The lowest BCUT2D eigenvalue weighted by molar-refractivity contribution is 0.0730. The first-order valence-electron chi connectivity index (χ1n) is 11.3. The van der Waals surface area contributed by atoms with E-state index in [9.17, 15) is 8.42 Å². The normalized spacial score (nSPS) is 20.1. The van der Waals surface area contributed by atoms with Crippen LogP contribution in [0, 0.1) is 0 Å². The lowest BCUT2D eigenvalue weighted by Crippen LogP contribution is -2.40. The molecular weight excluding hydrogens is 494 g/mol. The lowest BCUT2D eigenvalue weighted by atomic mass is 10.1. The van der Waals surface area contributed by atoms with Crippen LogP contribution < -0.4 is 4.80 Å². The van der Waals surface area contributed by atoms with Crippen LogP contribution in [0.2, 0.25) is 5.02 Å². The van der Waals surface area contributed by atoms with E-state index in [-0.39, 0.29) is 11.0 Å². The molecule has 0 saturated carbocycles. The summed E-state index contributed by atoms with van der Waals surface area (Å²) in [4.78, 5) is 5.95. The Morgan fingerprint density at radius 2 is 1.88 bits per heavy atom. The number of sulfonamides is 1. The number of aromatic nitrogens is 1. The number of rotatable bonds is 6. The van der Waals surface area contributed by atoms with E-state index in [2.05, 4.69) is 9.95 Å². The van der Waals surface area contributed by atoms with Crippen molar-refractivity contribution in [2.75, 3.05) is 32.9 Å². The van der Waals surface area contributed by atoms with E-state index >= 15 is 0 Å². The van der Waals surface area contributed by atoms with Gasteiger partial charge in [-0.1, -0.05) is 23.7 Å². The third kappa shape index (κ3) is 5.15. The van der Waals surface area contributed by atoms with E-state index < -0.39 is 10.0 Å². The fourth-order valence-corrected chi connectivity index (χ4v) is 6.74. The Morgan fingerprint density at radius 1 is 1.09 bits per heavy atom. The molecule has 180 valence electrons. The molecule has 0 N–H and O–H groups in total. The summed E-state index contributed by atoms with van der Waals surface area (Å²) in [5.41, 5.74) is 2.75. The Balaban J connectivity index is 1.48. The molecular formula is C24H26ClN3O4S2. The third-order valence-corrected chi connectivity index (χ3v) is 9.01. The van der Waals surface area contributed by atoms with E-state index in [1.165, 1.54) is 4.31 Å². The summed E-state index contributed by atoms with van der Waals surface area (Å²) in [7, 11) is -3.53. The molecule has 0 aliphatic carbocycles. The number of thiazole rings is 1. The van der Waals surface area contributed by atoms with Gasteiger partial charge in [0.1, 0.15) is 0 Å². The minimum absolute atomic E-state index is 0.146. The highest BCUT2D eigenvalue weighted by molar-refractivity contribution is 7.89. The Bertz CT molecular complexity index is 1310. The van der Waals surface area contributed by atoms with Crippen molar-refractivity contribution in [3.8, 4) is 11.3 Å². The summed E-state index contributed by atoms with van der Waals surface area (Å²) < 4.78 is 40.6. The monoisotopic (exact) mass is 519 g/mol. The average molecular weight is 520 g/mol. The average Bonchev–Trinajstić information content (AvgIpc) is 3.51. The molecule has 3 aromatic rings. The Hall–Kier alpha value is -2.01. The topological polar surface area (TPSA) is 73.1 Å². The molecule has 34 heavy (non-hydrogen) atoms. The molecule has 5 rings (SSSR count). The number of hydrogen-bond donors (Lipinski definition) is 0. The summed E-state index contributed by atoms with van der Waals surface area (Å²) >= 11 is 7.79. The predicted octanol–water partition coefficient (Wildman–Crippen LogP) is 4.30. The summed E-state index contributed by atoms with van der Waals surface area (Å²) in [6.07, 6.45) is 2.23. The van der Waals surface area contributed by atoms with Crippen LogP contribution in [0.3, 0.4) is 0 Å². The highest BCUT2D eigenvalue weighted by atomic mass is 35.5. The summed E-state index contributed by atoms with van der Waals surface area (Å²) in [5, 5.41) is 2.76.